The number of hydrogen-bond acceptors (Lipinski definition) is 3. The molecule has 0 spiro atoms. The second kappa shape index (κ2) is 6.18. The summed E-state index contributed by atoms with van der Waals surface area (Å²) in [5, 5.41) is 12.3. The average Bonchev–Trinajstić information content (AvgIpc) is 2.46. The van der Waals surface area contributed by atoms with Gasteiger partial charge in [-0.25, -0.2) is 4.39 Å². The van der Waals surface area contributed by atoms with E-state index >= 15 is 0 Å². The van der Waals surface area contributed by atoms with Crippen LogP contribution in [0.2, 0.25) is 0 Å². The summed E-state index contributed by atoms with van der Waals surface area (Å²) in [7, 11) is 3.68. The Kier molecular flexibility index (Phi) is 4.34. The minimum absolute atomic E-state index is 0.292. The second-order valence-electron chi connectivity index (χ2n) is 4.53. The standard InChI is InChI=1S/C16H16FN3/c1-19-11-12-6-7-16(13(8-12)10-18)20(2)15-5-3-4-14(17)9-15/h3-9,19H,11H2,1-2H3. The molecule has 1 N–H and O–H groups in total. The Morgan fingerprint density at radius 2 is 2.05 bits per heavy atom. The highest BCUT2D eigenvalue weighted by molar-refractivity contribution is 5.69. The van der Waals surface area contributed by atoms with Crippen molar-refractivity contribution < 1.29 is 4.39 Å². The van der Waals surface area contributed by atoms with E-state index in [2.05, 4.69) is 11.4 Å². The van der Waals surface area contributed by atoms with Crippen LogP contribution >= 0.6 is 0 Å². The summed E-state index contributed by atoms with van der Waals surface area (Å²) in [5.74, 6) is -0.292. The molecular weight excluding hydrogens is 253 g/mol. The fourth-order valence-corrected chi connectivity index (χ4v) is 2.10. The van der Waals surface area contributed by atoms with E-state index in [-0.39, 0.29) is 5.82 Å². The Morgan fingerprint density at radius 1 is 1.25 bits per heavy atom. The van der Waals surface area contributed by atoms with Crippen molar-refractivity contribution >= 4 is 11.4 Å². The van der Waals surface area contributed by atoms with Gasteiger partial charge in [0.1, 0.15) is 11.9 Å². The smallest absolute Gasteiger partial charge is 0.125 e. The molecule has 0 saturated carbocycles. The molecular formula is C16H16FN3. The van der Waals surface area contributed by atoms with E-state index in [0.29, 0.717) is 17.8 Å². The molecule has 0 saturated heterocycles. The molecule has 0 unspecified atom stereocenters. The Labute approximate surface area is 118 Å². The number of rotatable bonds is 4. The predicted molar refractivity (Wildman–Crippen MR) is 78.4 cm³/mol. The van der Waals surface area contributed by atoms with E-state index in [4.69, 9.17) is 0 Å². The highest BCUT2D eigenvalue weighted by Gasteiger charge is 2.10. The van der Waals surface area contributed by atoms with Crippen LogP contribution in [0.3, 0.4) is 0 Å². The van der Waals surface area contributed by atoms with E-state index in [1.54, 1.807) is 6.07 Å². The zero-order valence-electron chi connectivity index (χ0n) is 11.5. The third-order valence-electron chi connectivity index (χ3n) is 3.12. The molecule has 20 heavy (non-hydrogen) atoms. The quantitative estimate of drug-likeness (QED) is 0.926. The largest absolute Gasteiger partial charge is 0.343 e. The van der Waals surface area contributed by atoms with E-state index in [1.165, 1.54) is 12.1 Å². The minimum atomic E-state index is -0.292. The lowest BCUT2D eigenvalue weighted by Gasteiger charge is -2.21. The molecule has 102 valence electrons. The molecule has 3 nitrogen and oxygen atoms in total. The highest BCUT2D eigenvalue weighted by atomic mass is 19.1. The number of anilines is 2. The van der Waals surface area contributed by atoms with Crippen LogP contribution in [-0.2, 0) is 6.54 Å². The molecule has 2 aromatic rings. The summed E-state index contributed by atoms with van der Waals surface area (Å²) in [6, 6.07) is 14.2. The number of nitrogens with one attached hydrogen (secondary N) is 1. The first-order valence-corrected chi connectivity index (χ1v) is 6.32. The van der Waals surface area contributed by atoms with Gasteiger partial charge in [-0.1, -0.05) is 12.1 Å². The number of benzene rings is 2. The first kappa shape index (κ1) is 14.0. The van der Waals surface area contributed by atoms with Crippen molar-refractivity contribution in [3.63, 3.8) is 0 Å². The summed E-state index contributed by atoms with van der Waals surface area (Å²) in [6.07, 6.45) is 0. The van der Waals surface area contributed by atoms with Crippen molar-refractivity contribution in [2.75, 3.05) is 19.0 Å². The number of nitriles is 1. The predicted octanol–water partition coefficient (Wildman–Crippen LogP) is 3.18. The zero-order valence-corrected chi connectivity index (χ0v) is 11.5. The maximum atomic E-state index is 13.3. The first-order chi connectivity index (χ1) is 9.65. The third kappa shape index (κ3) is 2.95. The Balaban J connectivity index is 2.39. The molecule has 0 aliphatic rings. The molecule has 0 amide bonds. The lowest BCUT2D eigenvalue weighted by molar-refractivity contribution is 0.628. The Hall–Kier alpha value is -2.38. The van der Waals surface area contributed by atoms with Crippen molar-refractivity contribution in [2.24, 2.45) is 0 Å². The van der Waals surface area contributed by atoms with Crippen LogP contribution in [0.4, 0.5) is 15.8 Å². The van der Waals surface area contributed by atoms with Crippen molar-refractivity contribution in [3.05, 3.63) is 59.4 Å². The van der Waals surface area contributed by atoms with Crippen LogP contribution < -0.4 is 10.2 Å². The zero-order chi connectivity index (χ0) is 14.5. The highest BCUT2D eigenvalue weighted by Crippen LogP contribution is 2.27. The van der Waals surface area contributed by atoms with Crippen LogP contribution in [0.1, 0.15) is 11.1 Å². The van der Waals surface area contributed by atoms with Gasteiger partial charge in [0.2, 0.25) is 0 Å². The maximum absolute atomic E-state index is 13.3. The SMILES string of the molecule is CNCc1ccc(N(C)c2cccc(F)c2)c(C#N)c1. The molecule has 0 radical (unpaired) electrons. The Bertz CT molecular complexity index is 646. The van der Waals surface area contributed by atoms with Gasteiger partial charge < -0.3 is 10.2 Å². The van der Waals surface area contributed by atoms with Gasteiger partial charge in [-0.05, 0) is 42.9 Å². The van der Waals surface area contributed by atoms with E-state index < -0.39 is 0 Å². The second-order valence-corrected chi connectivity index (χ2v) is 4.53. The number of nitrogens with zero attached hydrogens (tertiary/aromatic N) is 2. The van der Waals surface area contributed by atoms with Gasteiger partial charge in [0.05, 0.1) is 11.3 Å². The van der Waals surface area contributed by atoms with Crippen molar-refractivity contribution in [3.8, 4) is 6.07 Å². The molecule has 0 fully saturated rings. The summed E-state index contributed by atoms with van der Waals surface area (Å²) in [6.45, 7) is 0.707. The number of halogens is 1. The van der Waals surface area contributed by atoms with Crippen LogP contribution in [0, 0.1) is 17.1 Å². The molecule has 2 rings (SSSR count). The van der Waals surface area contributed by atoms with Gasteiger partial charge in [0.15, 0.2) is 0 Å². The van der Waals surface area contributed by atoms with Gasteiger partial charge in [-0.2, -0.15) is 5.26 Å². The van der Waals surface area contributed by atoms with Gasteiger partial charge in [-0.3, -0.25) is 0 Å². The lowest BCUT2D eigenvalue weighted by Crippen LogP contribution is -2.12. The number of hydrogen-bond donors (Lipinski definition) is 1. The monoisotopic (exact) mass is 269 g/mol. The summed E-state index contributed by atoms with van der Waals surface area (Å²) >= 11 is 0. The first-order valence-electron chi connectivity index (χ1n) is 6.32. The molecule has 0 heterocycles. The molecule has 0 aliphatic carbocycles. The Morgan fingerprint density at radius 3 is 2.70 bits per heavy atom. The van der Waals surface area contributed by atoms with E-state index in [0.717, 1.165) is 11.3 Å². The van der Waals surface area contributed by atoms with Gasteiger partial charge in [-0.15, -0.1) is 0 Å². The summed E-state index contributed by atoms with van der Waals surface area (Å²) in [4.78, 5) is 1.81. The fraction of sp³-hybridized carbons (Fsp3) is 0.188. The minimum Gasteiger partial charge on any atom is -0.343 e. The van der Waals surface area contributed by atoms with Crippen molar-refractivity contribution in [1.29, 1.82) is 5.26 Å². The molecule has 0 bridgehead atoms. The van der Waals surface area contributed by atoms with Crippen LogP contribution in [0.15, 0.2) is 42.5 Å². The van der Waals surface area contributed by atoms with Crippen LogP contribution in [0.25, 0.3) is 0 Å². The fourth-order valence-electron chi connectivity index (χ4n) is 2.10. The maximum Gasteiger partial charge on any atom is 0.125 e. The molecule has 0 aromatic heterocycles. The third-order valence-corrected chi connectivity index (χ3v) is 3.12. The van der Waals surface area contributed by atoms with Crippen LogP contribution in [0.5, 0.6) is 0 Å². The van der Waals surface area contributed by atoms with Crippen molar-refractivity contribution in [2.45, 2.75) is 6.54 Å². The topological polar surface area (TPSA) is 39.1 Å². The van der Waals surface area contributed by atoms with Gasteiger partial charge >= 0.3 is 0 Å². The lowest BCUT2D eigenvalue weighted by atomic mass is 10.1. The summed E-state index contributed by atoms with van der Waals surface area (Å²) < 4.78 is 13.3. The molecule has 4 heteroatoms. The normalized spacial score (nSPS) is 10.1. The average molecular weight is 269 g/mol. The van der Waals surface area contributed by atoms with Crippen LogP contribution in [-0.4, -0.2) is 14.1 Å². The van der Waals surface area contributed by atoms with Gasteiger partial charge in [0, 0.05) is 19.3 Å². The molecule has 0 aliphatic heterocycles. The van der Waals surface area contributed by atoms with E-state index in [1.807, 2.05) is 43.3 Å². The molecule has 0 atom stereocenters. The summed E-state index contributed by atoms with van der Waals surface area (Å²) in [5.41, 5.74) is 3.09. The van der Waals surface area contributed by atoms with Gasteiger partial charge in [0.25, 0.3) is 0 Å². The van der Waals surface area contributed by atoms with E-state index in [9.17, 15) is 9.65 Å². The molecule has 2 aromatic carbocycles. The van der Waals surface area contributed by atoms with Crippen molar-refractivity contribution in [1.82, 2.24) is 5.32 Å².